The first-order valence-electron chi connectivity index (χ1n) is 6.24. The van der Waals surface area contributed by atoms with E-state index in [2.05, 4.69) is 5.32 Å². The first-order chi connectivity index (χ1) is 9.36. The maximum Gasteiger partial charge on any atom is 0.416 e. The van der Waals surface area contributed by atoms with Crippen LogP contribution in [-0.2, 0) is 12.7 Å². The SMILES string of the molecule is O=C(O)c1cc(CN2CCNCC2)cc(C(F)(F)F)c1. The minimum absolute atomic E-state index is 0.325. The van der Waals surface area contributed by atoms with Crippen molar-refractivity contribution in [3.63, 3.8) is 0 Å². The Morgan fingerprint density at radius 3 is 2.45 bits per heavy atom. The van der Waals surface area contributed by atoms with Crippen molar-refractivity contribution in [2.24, 2.45) is 0 Å². The highest BCUT2D eigenvalue weighted by molar-refractivity contribution is 5.88. The molecule has 1 aromatic carbocycles. The third kappa shape index (κ3) is 3.71. The van der Waals surface area contributed by atoms with E-state index in [4.69, 9.17) is 5.11 Å². The second kappa shape index (κ2) is 5.80. The molecule has 1 aliphatic heterocycles. The Balaban J connectivity index is 2.26. The van der Waals surface area contributed by atoms with Crippen LogP contribution in [0.25, 0.3) is 0 Å². The average Bonchev–Trinajstić information content (AvgIpc) is 2.38. The van der Waals surface area contributed by atoms with Crippen LogP contribution in [0.1, 0.15) is 21.5 Å². The highest BCUT2D eigenvalue weighted by atomic mass is 19.4. The minimum atomic E-state index is -4.54. The van der Waals surface area contributed by atoms with Gasteiger partial charge in [-0.1, -0.05) is 0 Å². The quantitative estimate of drug-likeness (QED) is 0.890. The zero-order valence-electron chi connectivity index (χ0n) is 10.7. The van der Waals surface area contributed by atoms with E-state index in [-0.39, 0.29) is 5.56 Å². The fourth-order valence-corrected chi connectivity index (χ4v) is 2.20. The van der Waals surface area contributed by atoms with Gasteiger partial charge in [-0.3, -0.25) is 4.90 Å². The van der Waals surface area contributed by atoms with Crippen LogP contribution in [0.4, 0.5) is 13.2 Å². The molecule has 0 spiro atoms. The summed E-state index contributed by atoms with van der Waals surface area (Å²) >= 11 is 0. The Bertz CT molecular complexity index is 497. The molecule has 0 radical (unpaired) electrons. The standard InChI is InChI=1S/C13H15F3N2O2/c14-13(15,16)11-6-9(5-10(7-11)12(19)20)8-18-3-1-17-2-4-18/h5-7,17H,1-4,8H2,(H,19,20). The summed E-state index contributed by atoms with van der Waals surface area (Å²) in [6.45, 7) is 3.36. The second-order valence-corrected chi connectivity index (χ2v) is 4.75. The summed E-state index contributed by atoms with van der Waals surface area (Å²) in [7, 11) is 0. The summed E-state index contributed by atoms with van der Waals surface area (Å²) in [5.74, 6) is -1.35. The van der Waals surface area contributed by atoms with Gasteiger partial charge in [0.25, 0.3) is 0 Å². The van der Waals surface area contributed by atoms with E-state index < -0.39 is 17.7 Å². The van der Waals surface area contributed by atoms with E-state index in [0.29, 0.717) is 18.2 Å². The molecular formula is C13H15F3N2O2. The molecule has 0 bridgehead atoms. The molecule has 1 fully saturated rings. The van der Waals surface area contributed by atoms with Gasteiger partial charge in [0.05, 0.1) is 11.1 Å². The molecule has 0 amide bonds. The number of carbonyl (C=O) groups is 1. The van der Waals surface area contributed by atoms with Gasteiger partial charge in [0.15, 0.2) is 0 Å². The first kappa shape index (κ1) is 14.8. The second-order valence-electron chi connectivity index (χ2n) is 4.75. The summed E-state index contributed by atoms with van der Waals surface area (Å²) in [5.41, 5.74) is -0.869. The van der Waals surface area contributed by atoms with Crippen molar-refractivity contribution in [3.8, 4) is 0 Å². The molecule has 2 rings (SSSR count). The molecule has 0 atom stereocenters. The van der Waals surface area contributed by atoms with Gasteiger partial charge in [0.2, 0.25) is 0 Å². The Labute approximate surface area is 114 Å². The molecule has 0 unspecified atom stereocenters. The number of piperazine rings is 1. The maximum absolute atomic E-state index is 12.8. The highest BCUT2D eigenvalue weighted by Gasteiger charge is 2.32. The van der Waals surface area contributed by atoms with Gasteiger partial charge in [-0.2, -0.15) is 13.2 Å². The Morgan fingerprint density at radius 1 is 1.25 bits per heavy atom. The molecule has 4 nitrogen and oxygen atoms in total. The number of carboxylic acid groups (broad SMARTS) is 1. The van der Waals surface area contributed by atoms with Crippen molar-refractivity contribution >= 4 is 5.97 Å². The number of benzene rings is 1. The lowest BCUT2D eigenvalue weighted by atomic mass is 10.0. The Hall–Kier alpha value is -1.60. The fraction of sp³-hybridized carbons (Fsp3) is 0.462. The molecule has 2 N–H and O–H groups in total. The molecule has 0 aromatic heterocycles. The van der Waals surface area contributed by atoms with Crippen molar-refractivity contribution in [3.05, 3.63) is 34.9 Å². The average molecular weight is 288 g/mol. The van der Waals surface area contributed by atoms with Gasteiger partial charge in [-0.05, 0) is 23.8 Å². The first-order valence-corrected chi connectivity index (χ1v) is 6.24. The summed E-state index contributed by atoms with van der Waals surface area (Å²) in [6, 6.07) is 3.00. The smallest absolute Gasteiger partial charge is 0.416 e. The van der Waals surface area contributed by atoms with E-state index in [0.717, 1.165) is 32.2 Å². The van der Waals surface area contributed by atoms with Crippen molar-refractivity contribution < 1.29 is 23.1 Å². The lowest BCUT2D eigenvalue weighted by molar-refractivity contribution is -0.137. The van der Waals surface area contributed by atoms with Gasteiger partial charge in [0.1, 0.15) is 0 Å². The topological polar surface area (TPSA) is 52.6 Å². The van der Waals surface area contributed by atoms with Crippen LogP contribution < -0.4 is 5.32 Å². The number of hydrogen-bond donors (Lipinski definition) is 2. The van der Waals surface area contributed by atoms with Crippen molar-refractivity contribution in [1.29, 1.82) is 0 Å². The van der Waals surface area contributed by atoms with Gasteiger partial charge >= 0.3 is 12.1 Å². The third-order valence-corrected chi connectivity index (χ3v) is 3.18. The molecule has 1 aliphatic rings. The van der Waals surface area contributed by atoms with Crippen molar-refractivity contribution in [2.45, 2.75) is 12.7 Å². The Kier molecular flexibility index (Phi) is 4.29. The van der Waals surface area contributed by atoms with E-state index >= 15 is 0 Å². The summed E-state index contributed by atoms with van der Waals surface area (Å²) < 4.78 is 38.3. The monoisotopic (exact) mass is 288 g/mol. The molecule has 1 aromatic rings. The molecule has 0 aliphatic carbocycles. The number of nitrogens with one attached hydrogen (secondary N) is 1. The van der Waals surface area contributed by atoms with Gasteiger partial charge in [0, 0.05) is 32.7 Å². The number of hydrogen-bond acceptors (Lipinski definition) is 3. The number of carboxylic acids is 1. The molecule has 20 heavy (non-hydrogen) atoms. The predicted octanol–water partition coefficient (Wildman–Crippen LogP) is 1.81. The molecule has 7 heteroatoms. The van der Waals surface area contributed by atoms with Crippen LogP contribution in [0.2, 0.25) is 0 Å². The largest absolute Gasteiger partial charge is 0.478 e. The summed E-state index contributed by atoms with van der Waals surface area (Å²) in [6.07, 6.45) is -4.54. The Morgan fingerprint density at radius 2 is 1.90 bits per heavy atom. The predicted molar refractivity (Wildman–Crippen MR) is 66.6 cm³/mol. The molecule has 0 saturated carbocycles. The van der Waals surface area contributed by atoms with E-state index in [9.17, 15) is 18.0 Å². The van der Waals surface area contributed by atoms with Crippen LogP contribution in [0.3, 0.4) is 0 Å². The molecule has 1 heterocycles. The molecule has 1 saturated heterocycles. The normalized spacial score (nSPS) is 17.1. The number of halogens is 3. The van der Waals surface area contributed by atoms with Crippen LogP contribution in [-0.4, -0.2) is 42.2 Å². The fourth-order valence-electron chi connectivity index (χ4n) is 2.20. The number of nitrogens with zero attached hydrogens (tertiary/aromatic N) is 1. The van der Waals surface area contributed by atoms with Gasteiger partial charge < -0.3 is 10.4 Å². The zero-order chi connectivity index (χ0) is 14.8. The van der Waals surface area contributed by atoms with Crippen LogP contribution in [0.15, 0.2) is 18.2 Å². The maximum atomic E-state index is 12.8. The van der Waals surface area contributed by atoms with E-state index in [1.165, 1.54) is 6.07 Å². The van der Waals surface area contributed by atoms with Gasteiger partial charge in [-0.25, -0.2) is 4.79 Å². The van der Waals surface area contributed by atoms with Crippen molar-refractivity contribution in [1.82, 2.24) is 10.2 Å². The van der Waals surface area contributed by atoms with Gasteiger partial charge in [-0.15, -0.1) is 0 Å². The number of rotatable bonds is 3. The lowest BCUT2D eigenvalue weighted by Crippen LogP contribution is -2.42. The number of alkyl halides is 3. The van der Waals surface area contributed by atoms with Crippen LogP contribution in [0.5, 0.6) is 0 Å². The highest BCUT2D eigenvalue weighted by Crippen LogP contribution is 2.31. The summed E-state index contributed by atoms with van der Waals surface area (Å²) in [4.78, 5) is 12.9. The van der Waals surface area contributed by atoms with E-state index in [1.807, 2.05) is 4.90 Å². The third-order valence-electron chi connectivity index (χ3n) is 3.18. The van der Waals surface area contributed by atoms with Crippen LogP contribution >= 0.6 is 0 Å². The van der Waals surface area contributed by atoms with E-state index in [1.54, 1.807) is 0 Å². The molecular weight excluding hydrogens is 273 g/mol. The molecule has 110 valence electrons. The minimum Gasteiger partial charge on any atom is -0.478 e. The summed E-state index contributed by atoms with van der Waals surface area (Å²) in [5, 5.41) is 12.1. The number of aromatic carboxylic acids is 1. The zero-order valence-corrected chi connectivity index (χ0v) is 10.7. The van der Waals surface area contributed by atoms with Crippen molar-refractivity contribution in [2.75, 3.05) is 26.2 Å². The lowest BCUT2D eigenvalue weighted by Gasteiger charge is -2.27. The van der Waals surface area contributed by atoms with Crippen LogP contribution in [0, 0.1) is 0 Å².